The highest BCUT2D eigenvalue weighted by atomic mass is 35.5. The molecule has 2 amide bonds. The molecule has 0 saturated carbocycles. The highest BCUT2D eigenvalue weighted by Crippen LogP contribution is 2.17. The smallest absolute Gasteiger partial charge is 0.340 e. The normalized spacial score (nSPS) is 9.63. The van der Waals surface area contributed by atoms with Gasteiger partial charge in [0.05, 0.1) is 10.6 Å². The maximum atomic E-state index is 12.8. The molecule has 0 aliphatic carbocycles. The first-order valence-corrected chi connectivity index (χ1v) is 5.45. The molecular weight excluding hydrogens is 279 g/mol. The Bertz CT molecular complexity index is 521. The Morgan fingerprint density at radius 3 is 2.58 bits per heavy atom. The van der Waals surface area contributed by atoms with E-state index in [-0.39, 0.29) is 10.6 Å². The van der Waals surface area contributed by atoms with Gasteiger partial charge in [-0.25, -0.2) is 9.18 Å². The van der Waals surface area contributed by atoms with Crippen LogP contribution in [-0.4, -0.2) is 24.4 Å². The molecule has 0 bridgehead atoms. The van der Waals surface area contributed by atoms with Crippen LogP contribution in [0.15, 0.2) is 18.2 Å². The van der Waals surface area contributed by atoms with Gasteiger partial charge in [-0.2, -0.15) is 0 Å². The maximum Gasteiger partial charge on any atom is 0.340 e. The van der Waals surface area contributed by atoms with Gasteiger partial charge < -0.3 is 4.74 Å². The average molecular weight is 289 g/mol. The summed E-state index contributed by atoms with van der Waals surface area (Å²) >= 11 is 5.64. The number of esters is 1. The fraction of sp³-hybridized carbons (Fsp3) is 0.182. The van der Waals surface area contributed by atoms with Crippen LogP contribution in [0.5, 0.6) is 0 Å². The number of amides is 2. The van der Waals surface area contributed by atoms with Crippen LogP contribution in [0, 0.1) is 5.82 Å². The molecule has 1 aromatic rings. The topological polar surface area (TPSA) is 84.5 Å². The average Bonchev–Trinajstić information content (AvgIpc) is 2.33. The van der Waals surface area contributed by atoms with Crippen molar-refractivity contribution in [2.75, 3.05) is 6.61 Å². The van der Waals surface area contributed by atoms with Crippen molar-refractivity contribution in [2.45, 2.75) is 6.92 Å². The van der Waals surface area contributed by atoms with Crippen LogP contribution in [0.25, 0.3) is 0 Å². The lowest BCUT2D eigenvalue weighted by Crippen LogP contribution is -2.42. The van der Waals surface area contributed by atoms with E-state index < -0.39 is 30.2 Å². The Kier molecular flexibility index (Phi) is 5.25. The van der Waals surface area contributed by atoms with Crippen molar-refractivity contribution in [3.63, 3.8) is 0 Å². The first kappa shape index (κ1) is 14.9. The van der Waals surface area contributed by atoms with Gasteiger partial charge in [0.2, 0.25) is 5.91 Å². The summed E-state index contributed by atoms with van der Waals surface area (Å²) in [4.78, 5) is 33.1. The third-order valence-electron chi connectivity index (χ3n) is 1.86. The van der Waals surface area contributed by atoms with E-state index in [2.05, 4.69) is 4.74 Å². The van der Waals surface area contributed by atoms with Gasteiger partial charge in [-0.05, 0) is 18.2 Å². The summed E-state index contributed by atoms with van der Waals surface area (Å²) in [6, 6.07) is 3.14. The highest BCUT2D eigenvalue weighted by Gasteiger charge is 2.14. The Labute approximate surface area is 112 Å². The first-order valence-electron chi connectivity index (χ1n) is 5.07. The van der Waals surface area contributed by atoms with Crippen LogP contribution in [0.2, 0.25) is 5.02 Å². The lowest BCUT2D eigenvalue weighted by atomic mass is 10.2. The van der Waals surface area contributed by atoms with Crippen LogP contribution in [0.4, 0.5) is 4.39 Å². The van der Waals surface area contributed by atoms with Gasteiger partial charge in [0, 0.05) is 6.92 Å². The second-order valence-electron chi connectivity index (χ2n) is 3.43. The Hall–Kier alpha value is -2.15. The third-order valence-corrected chi connectivity index (χ3v) is 2.18. The molecule has 0 fully saturated rings. The molecule has 0 aromatic heterocycles. The number of hydrogen-bond acceptors (Lipinski definition) is 4. The van der Waals surface area contributed by atoms with Crippen LogP contribution >= 0.6 is 11.6 Å². The number of hydrogen-bond donors (Lipinski definition) is 2. The third kappa shape index (κ3) is 4.92. The molecule has 19 heavy (non-hydrogen) atoms. The van der Waals surface area contributed by atoms with E-state index in [1.165, 1.54) is 6.92 Å². The SMILES string of the molecule is CC(=O)NNC(=O)COC(=O)c1ccc(F)cc1Cl. The molecule has 0 heterocycles. The molecule has 0 atom stereocenters. The quantitative estimate of drug-likeness (QED) is 0.636. The summed E-state index contributed by atoms with van der Waals surface area (Å²) in [6.45, 7) is 0.595. The van der Waals surface area contributed by atoms with Crippen molar-refractivity contribution in [1.82, 2.24) is 10.9 Å². The van der Waals surface area contributed by atoms with E-state index in [4.69, 9.17) is 11.6 Å². The summed E-state index contributed by atoms with van der Waals surface area (Å²) in [6.07, 6.45) is 0. The Morgan fingerprint density at radius 1 is 1.32 bits per heavy atom. The molecule has 0 aliphatic rings. The molecular formula is C11H10ClFN2O4. The molecule has 2 N–H and O–H groups in total. The number of hydrazine groups is 1. The van der Waals surface area contributed by atoms with Crippen molar-refractivity contribution >= 4 is 29.4 Å². The molecule has 0 radical (unpaired) electrons. The van der Waals surface area contributed by atoms with Crippen LogP contribution in [-0.2, 0) is 14.3 Å². The standard InChI is InChI=1S/C11H10ClFN2O4/c1-6(16)14-15-10(17)5-19-11(18)8-3-2-7(13)4-9(8)12/h2-4H,5H2,1H3,(H,14,16)(H,15,17). The maximum absolute atomic E-state index is 12.8. The lowest BCUT2D eigenvalue weighted by molar-refractivity contribution is -0.129. The summed E-state index contributed by atoms with van der Waals surface area (Å²) < 4.78 is 17.4. The van der Waals surface area contributed by atoms with Gasteiger partial charge in [0.25, 0.3) is 5.91 Å². The number of halogens is 2. The molecule has 0 saturated heterocycles. The predicted molar refractivity (Wildman–Crippen MR) is 63.7 cm³/mol. The van der Waals surface area contributed by atoms with E-state index in [0.29, 0.717) is 0 Å². The summed E-state index contributed by atoms with van der Waals surface area (Å²) in [7, 11) is 0. The van der Waals surface area contributed by atoms with E-state index in [1.807, 2.05) is 10.9 Å². The van der Waals surface area contributed by atoms with Crippen molar-refractivity contribution in [3.8, 4) is 0 Å². The van der Waals surface area contributed by atoms with Crippen LogP contribution < -0.4 is 10.9 Å². The van der Waals surface area contributed by atoms with Gasteiger partial charge in [0.1, 0.15) is 5.82 Å². The number of carbonyl (C=O) groups excluding carboxylic acids is 3. The van der Waals surface area contributed by atoms with Crippen LogP contribution in [0.3, 0.4) is 0 Å². The minimum atomic E-state index is -0.872. The molecule has 1 aromatic carbocycles. The second-order valence-corrected chi connectivity index (χ2v) is 3.84. The molecule has 102 valence electrons. The number of ether oxygens (including phenoxy) is 1. The van der Waals surface area contributed by atoms with Gasteiger partial charge in [-0.3, -0.25) is 20.4 Å². The first-order chi connectivity index (χ1) is 8.90. The zero-order valence-electron chi connectivity index (χ0n) is 9.83. The fourth-order valence-electron chi connectivity index (χ4n) is 1.06. The van der Waals surface area contributed by atoms with Crippen molar-refractivity contribution in [2.24, 2.45) is 0 Å². The van der Waals surface area contributed by atoms with Crippen molar-refractivity contribution in [1.29, 1.82) is 0 Å². The van der Waals surface area contributed by atoms with E-state index in [1.54, 1.807) is 0 Å². The summed E-state index contributed by atoms with van der Waals surface area (Å²) in [5.74, 6) is -2.66. The summed E-state index contributed by atoms with van der Waals surface area (Å²) in [5, 5.41) is -0.118. The molecule has 8 heteroatoms. The van der Waals surface area contributed by atoms with Gasteiger partial charge in [0.15, 0.2) is 6.61 Å². The Balaban J connectivity index is 2.51. The second kappa shape index (κ2) is 6.69. The number of rotatable bonds is 3. The van der Waals surface area contributed by atoms with Crippen molar-refractivity contribution < 1.29 is 23.5 Å². The predicted octanol–water partition coefficient (Wildman–Crippen LogP) is 0.803. The van der Waals surface area contributed by atoms with Crippen molar-refractivity contribution in [3.05, 3.63) is 34.6 Å². The number of carbonyl (C=O) groups is 3. The zero-order valence-corrected chi connectivity index (χ0v) is 10.6. The minimum absolute atomic E-state index is 0.0598. The lowest BCUT2D eigenvalue weighted by Gasteiger charge is -2.07. The molecule has 6 nitrogen and oxygen atoms in total. The van der Waals surface area contributed by atoms with E-state index in [0.717, 1.165) is 18.2 Å². The highest BCUT2D eigenvalue weighted by molar-refractivity contribution is 6.33. The fourth-order valence-corrected chi connectivity index (χ4v) is 1.30. The van der Waals surface area contributed by atoms with Crippen LogP contribution in [0.1, 0.15) is 17.3 Å². The minimum Gasteiger partial charge on any atom is -0.452 e. The summed E-state index contributed by atoms with van der Waals surface area (Å²) in [5.41, 5.74) is 3.97. The number of nitrogens with one attached hydrogen (secondary N) is 2. The molecule has 0 unspecified atom stereocenters. The zero-order chi connectivity index (χ0) is 14.4. The molecule has 0 spiro atoms. The van der Waals surface area contributed by atoms with E-state index in [9.17, 15) is 18.8 Å². The van der Waals surface area contributed by atoms with Gasteiger partial charge in [-0.1, -0.05) is 11.6 Å². The molecule has 0 aliphatic heterocycles. The molecule has 1 rings (SSSR count). The largest absolute Gasteiger partial charge is 0.452 e. The van der Waals surface area contributed by atoms with Gasteiger partial charge in [-0.15, -0.1) is 0 Å². The number of benzene rings is 1. The monoisotopic (exact) mass is 288 g/mol. The van der Waals surface area contributed by atoms with E-state index >= 15 is 0 Å². The van der Waals surface area contributed by atoms with Gasteiger partial charge >= 0.3 is 5.97 Å². The Morgan fingerprint density at radius 2 is 2.00 bits per heavy atom.